The number of amides is 1. The van der Waals surface area contributed by atoms with Crippen LogP contribution in [0.15, 0.2) is 48.5 Å². The van der Waals surface area contributed by atoms with Gasteiger partial charge in [0.05, 0.1) is 37.1 Å². The number of fused-ring (bicyclic) bond motifs is 1. The average molecular weight is 497 g/mol. The van der Waals surface area contributed by atoms with Crippen molar-refractivity contribution in [3.05, 3.63) is 71.0 Å². The van der Waals surface area contributed by atoms with Gasteiger partial charge in [-0.1, -0.05) is 36.4 Å². The Bertz CT molecular complexity index is 1130. The maximum atomic E-state index is 14.4. The van der Waals surface area contributed by atoms with Crippen LogP contribution in [0.1, 0.15) is 57.2 Å². The Balaban J connectivity index is 1.63. The van der Waals surface area contributed by atoms with E-state index in [1.54, 1.807) is 30.3 Å². The van der Waals surface area contributed by atoms with E-state index in [1.165, 1.54) is 6.07 Å². The zero-order valence-electron chi connectivity index (χ0n) is 21.1. The maximum Gasteiger partial charge on any atom is 0.252 e. The number of benzene rings is 2. The van der Waals surface area contributed by atoms with Gasteiger partial charge in [-0.15, -0.1) is 0 Å². The zero-order chi connectivity index (χ0) is 25.9. The maximum absolute atomic E-state index is 14.4. The number of hydrogen-bond acceptors (Lipinski definition) is 6. The van der Waals surface area contributed by atoms with Crippen molar-refractivity contribution in [3.8, 4) is 6.07 Å². The fourth-order valence-corrected chi connectivity index (χ4v) is 4.89. The van der Waals surface area contributed by atoms with E-state index < -0.39 is 35.5 Å². The molecule has 0 bridgehead atoms. The first-order valence-electron chi connectivity index (χ1n) is 12.3. The molecule has 1 N–H and O–H groups in total. The summed E-state index contributed by atoms with van der Waals surface area (Å²) in [5.74, 6) is -1.56. The molecular formula is C28H33FN2O5. The number of nitrogens with zero attached hydrogens (tertiary/aromatic N) is 1. The molecule has 192 valence electrons. The molecule has 4 atom stereocenters. The predicted molar refractivity (Wildman–Crippen MR) is 130 cm³/mol. The molecule has 1 saturated carbocycles. The Morgan fingerprint density at radius 2 is 1.81 bits per heavy atom. The van der Waals surface area contributed by atoms with Gasteiger partial charge in [0, 0.05) is 24.4 Å². The third-order valence-corrected chi connectivity index (χ3v) is 6.54. The van der Waals surface area contributed by atoms with Crippen LogP contribution in [0.4, 0.5) is 4.39 Å². The van der Waals surface area contributed by atoms with Crippen molar-refractivity contribution >= 4 is 5.91 Å². The number of hydrogen-bond donors (Lipinski definition) is 1. The smallest absolute Gasteiger partial charge is 0.252 e. The van der Waals surface area contributed by atoms with Gasteiger partial charge in [0.1, 0.15) is 11.9 Å². The van der Waals surface area contributed by atoms with Gasteiger partial charge in [-0.3, -0.25) is 4.79 Å². The molecule has 7 nitrogen and oxygen atoms in total. The molecule has 1 aliphatic heterocycles. The lowest BCUT2D eigenvalue weighted by molar-refractivity contribution is -0.184. The Labute approximate surface area is 211 Å². The van der Waals surface area contributed by atoms with E-state index in [1.807, 2.05) is 39.8 Å². The summed E-state index contributed by atoms with van der Waals surface area (Å²) in [4.78, 5) is 13.6. The molecule has 0 aromatic heterocycles. The average Bonchev–Trinajstić information content (AvgIpc) is 3.15. The van der Waals surface area contributed by atoms with Gasteiger partial charge in [0.15, 0.2) is 11.4 Å². The number of ether oxygens (including phenoxy) is 4. The van der Waals surface area contributed by atoms with Gasteiger partial charge >= 0.3 is 0 Å². The third-order valence-electron chi connectivity index (χ3n) is 6.54. The highest BCUT2D eigenvalue weighted by atomic mass is 19.1. The zero-order valence-corrected chi connectivity index (χ0v) is 21.1. The summed E-state index contributed by atoms with van der Waals surface area (Å²) in [5.41, 5.74) is 0.301. The number of carbonyl (C=O) groups is 1. The molecule has 0 spiro atoms. The van der Waals surface area contributed by atoms with Crippen LogP contribution >= 0.6 is 0 Å². The monoisotopic (exact) mass is 496 g/mol. The molecule has 2 aliphatic rings. The molecule has 4 rings (SSSR count). The topological polar surface area (TPSA) is 89.8 Å². The molecule has 1 aliphatic carbocycles. The Hall–Kier alpha value is -2.83. The number of nitriles is 1. The second-order valence-corrected chi connectivity index (χ2v) is 10.2. The van der Waals surface area contributed by atoms with Gasteiger partial charge in [0.2, 0.25) is 0 Å². The van der Waals surface area contributed by atoms with Crippen LogP contribution in [0.5, 0.6) is 0 Å². The van der Waals surface area contributed by atoms with Crippen LogP contribution in [0.2, 0.25) is 0 Å². The highest BCUT2D eigenvalue weighted by Crippen LogP contribution is 2.44. The van der Waals surface area contributed by atoms with E-state index in [4.69, 9.17) is 18.9 Å². The van der Waals surface area contributed by atoms with Crippen LogP contribution in [0.3, 0.4) is 0 Å². The molecule has 0 radical (unpaired) electrons. The minimum atomic E-state index is -1.32. The lowest BCUT2D eigenvalue weighted by Gasteiger charge is -2.43. The number of carbonyl (C=O) groups excluding carboxylic acids is 1. The highest BCUT2D eigenvalue weighted by molar-refractivity contribution is 5.85. The summed E-state index contributed by atoms with van der Waals surface area (Å²) in [6.45, 7) is 7.48. The van der Waals surface area contributed by atoms with Crippen LogP contribution in [0, 0.1) is 17.1 Å². The van der Waals surface area contributed by atoms with E-state index in [9.17, 15) is 14.4 Å². The predicted octanol–water partition coefficient (Wildman–Crippen LogP) is 4.38. The normalized spacial score (nSPS) is 26.9. The summed E-state index contributed by atoms with van der Waals surface area (Å²) in [5, 5.41) is 12.4. The van der Waals surface area contributed by atoms with E-state index in [2.05, 4.69) is 11.4 Å². The summed E-state index contributed by atoms with van der Waals surface area (Å²) < 4.78 is 39.3. The van der Waals surface area contributed by atoms with E-state index in [-0.39, 0.29) is 38.0 Å². The standard InChI is InChI=1S/C28H33FN2O5/c1-18(2)31-26(32)28(34-17-21-11-7-8-12-22(21)29)13-23(25-24(14-28)35-27(3,4)36-25)33-16-20-10-6-5-9-19(20)15-30/h5-12,18,23-25H,13-14,16-17H2,1-4H3,(H,31,32)/t23-,24+,25-,28+/m0/s1. The molecule has 0 unspecified atom stereocenters. The van der Waals surface area contributed by atoms with Gasteiger partial charge in [-0.25, -0.2) is 4.39 Å². The minimum Gasteiger partial charge on any atom is -0.371 e. The minimum absolute atomic E-state index is 0.0796. The van der Waals surface area contributed by atoms with E-state index >= 15 is 0 Å². The lowest BCUT2D eigenvalue weighted by Crippen LogP contribution is -2.60. The molecule has 36 heavy (non-hydrogen) atoms. The van der Waals surface area contributed by atoms with Crippen molar-refractivity contribution in [2.24, 2.45) is 0 Å². The van der Waals surface area contributed by atoms with Crippen molar-refractivity contribution in [2.45, 2.75) is 89.5 Å². The van der Waals surface area contributed by atoms with Crippen LogP contribution in [-0.2, 0) is 37.0 Å². The Morgan fingerprint density at radius 3 is 2.50 bits per heavy atom. The van der Waals surface area contributed by atoms with Crippen LogP contribution in [0.25, 0.3) is 0 Å². The summed E-state index contributed by atoms with van der Waals surface area (Å²) in [7, 11) is 0. The Morgan fingerprint density at radius 1 is 1.11 bits per heavy atom. The number of rotatable bonds is 8. The number of halogens is 1. The first-order valence-corrected chi connectivity index (χ1v) is 12.3. The van der Waals surface area contributed by atoms with Crippen LogP contribution < -0.4 is 5.32 Å². The molecule has 2 fully saturated rings. The first kappa shape index (κ1) is 26.2. The SMILES string of the molecule is CC(C)NC(=O)[C@@]1(OCc2ccccc2F)C[C@H](OCc2ccccc2C#N)[C@@H]2OC(C)(C)O[C@@H]2C1. The summed E-state index contributed by atoms with van der Waals surface area (Å²) >= 11 is 0. The third kappa shape index (κ3) is 5.76. The van der Waals surface area contributed by atoms with Crippen molar-refractivity contribution < 1.29 is 28.1 Å². The van der Waals surface area contributed by atoms with E-state index in [0.717, 1.165) is 5.56 Å². The molecule has 1 saturated heterocycles. The van der Waals surface area contributed by atoms with Crippen molar-refractivity contribution in [1.82, 2.24) is 5.32 Å². The molecule has 1 heterocycles. The van der Waals surface area contributed by atoms with Gasteiger partial charge in [0.25, 0.3) is 5.91 Å². The molecule has 2 aromatic rings. The van der Waals surface area contributed by atoms with Crippen molar-refractivity contribution in [1.29, 1.82) is 5.26 Å². The molecular weight excluding hydrogens is 463 g/mol. The molecule has 2 aromatic carbocycles. The Kier molecular flexibility index (Phi) is 7.76. The van der Waals surface area contributed by atoms with Crippen molar-refractivity contribution in [2.75, 3.05) is 0 Å². The van der Waals surface area contributed by atoms with Gasteiger partial charge < -0.3 is 24.3 Å². The second kappa shape index (κ2) is 10.7. The number of nitrogens with one attached hydrogen (secondary N) is 1. The fourth-order valence-electron chi connectivity index (χ4n) is 4.89. The molecule has 1 amide bonds. The fraction of sp³-hybridized carbons (Fsp3) is 0.500. The van der Waals surface area contributed by atoms with Crippen LogP contribution in [-0.4, -0.2) is 41.6 Å². The molecule has 8 heteroatoms. The van der Waals surface area contributed by atoms with Crippen molar-refractivity contribution in [3.63, 3.8) is 0 Å². The largest absolute Gasteiger partial charge is 0.371 e. The lowest BCUT2D eigenvalue weighted by atomic mass is 9.78. The quantitative estimate of drug-likeness (QED) is 0.584. The highest BCUT2D eigenvalue weighted by Gasteiger charge is 2.58. The van der Waals surface area contributed by atoms with E-state index in [0.29, 0.717) is 11.1 Å². The van der Waals surface area contributed by atoms with Gasteiger partial charge in [-0.2, -0.15) is 5.26 Å². The summed E-state index contributed by atoms with van der Waals surface area (Å²) in [6, 6.07) is 15.6. The van der Waals surface area contributed by atoms with Gasteiger partial charge in [-0.05, 0) is 45.4 Å². The second-order valence-electron chi connectivity index (χ2n) is 10.2. The summed E-state index contributed by atoms with van der Waals surface area (Å²) in [6.07, 6.45) is -1.02. The first-order chi connectivity index (χ1) is 17.1.